The number of anilines is 4. The van der Waals surface area contributed by atoms with E-state index < -0.39 is 6.03 Å². The molecule has 31 heavy (non-hydrogen) atoms. The first-order chi connectivity index (χ1) is 14.9. The summed E-state index contributed by atoms with van der Waals surface area (Å²) in [6.45, 7) is 0.324. The van der Waals surface area contributed by atoms with Crippen LogP contribution < -0.4 is 20.9 Å². The van der Waals surface area contributed by atoms with E-state index in [2.05, 4.69) is 41.8 Å². The second-order valence-electron chi connectivity index (χ2n) is 6.63. The van der Waals surface area contributed by atoms with Crippen LogP contribution in [-0.4, -0.2) is 38.7 Å². The number of nitrogens with zero attached hydrogens (tertiary/aromatic N) is 3. The Kier molecular flexibility index (Phi) is 5.58. The molecule has 0 unspecified atom stereocenters. The van der Waals surface area contributed by atoms with E-state index in [9.17, 15) is 19.8 Å². The lowest BCUT2D eigenvalue weighted by Crippen LogP contribution is -2.30. The van der Waals surface area contributed by atoms with Gasteiger partial charge in [0.1, 0.15) is 5.82 Å². The number of imide groups is 1. The number of rotatable bonds is 6. The van der Waals surface area contributed by atoms with Gasteiger partial charge in [0.05, 0.1) is 16.7 Å². The van der Waals surface area contributed by atoms with Crippen molar-refractivity contribution in [3.63, 3.8) is 0 Å². The van der Waals surface area contributed by atoms with Crippen molar-refractivity contribution in [1.29, 1.82) is 0 Å². The number of nitrogens with one attached hydrogen (secondary N) is 3. The number of benzene rings is 2. The van der Waals surface area contributed by atoms with E-state index in [0.717, 1.165) is 10.5 Å². The summed E-state index contributed by atoms with van der Waals surface area (Å²) in [6, 6.07) is 10.9. The summed E-state index contributed by atoms with van der Waals surface area (Å²) in [5.74, 6) is 0.0972. The minimum atomic E-state index is -0.464. The summed E-state index contributed by atoms with van der Waals surface area (Å²) < 4.78 is 0.633. The Morgan fingerprint density at radius 2 is 1.97 bits per heavy atom. The summed E-state index contributed by atoms with van der Waals surface area (Å²) in [5.41, 5.74) is 1.78. The third kappa shape index (κ3) is 4.51. The average molecular weight is 485 g/mol. The Balaban J connectivity index is 1.49. The maximum Gasteiger partial charge on any atom is 0.329 e. The molecule has 0 radical (unpaired) electrons. The highest BCUT2D eigenvalue weighted by Gasteiger charge is 2.30. The van der Waals surface area contributed by atoms with Crippen LogP contribution >= 0.6 is 15.9 Å². The molecule has 3 amide bonds. The van der Waals surface area contributed by atoms with Crippen molar-refractivity contribution < 1.29 is 19.8 Å². The molecular weight excluding hydrogens is 468 g/mol. The number of hydrogen-bond donors (Lipinski definition) is 5. The number of urea groups is 1. The first-order valence-corrected chi connectivity index (χ1v) is 9.95. The van der Waals surface area contributed by atoms with Crippen LogP contribution in [0.15, 0.2) is 53.1 Å². The molecule has 1 fully saturated rings. The molecule has 0 bridgehead atoms. The van der Waals surface area contributed by atoms with Gasteiger partial charge in [0.25, 0.3) is 5.91 Å². The zero-order valence-corrected chi connectivity index (χ0v) is 17.5. The Morgan fingerprint density at radius 3 is 2.71 bits per heavy atom. The zero-order chi connectivity index (χ0) is 22.0. The topological polar surface area (TPSA) is 140 Å². The molecule has 3 aromatic rings. The lowest BCUT2D eigenvalue weighted by molar-refractivity contribution is -0.115. The van der Waals surface area contributed by atoms with Gasteiger partial charge in [-0.15, -0.1) is 0 Å². The van der Waals surface area contributed by atoms with Crippen LogP contribution in [0.3, 0.4) is 0 Å². The second kappa shape index (κ2) is 8.48. The molecule has 2 heterocycles. The third-order valence-corrected chi connectivity index (χ3v) is 5.03. The quantitative estimate of drug-likeness (QED) is 0.265. The molecule has 10 nitrogen and oxygen atoms in total. The van der Waals surface area contributed by atoms with Crippen molar-refractivity contribution in [1.82, 2.24) is 15.3 Å². The Hall–Kier alpha value is -3.86. The molecule has 2 aromatic carbocycles. The first-order valence-electron chi connectivity index (χ1n) is 9.16. The summed E-state index contributed by atoms with van der Waals surface area (Å²) in [7, 11) is 0. The van der Waals surface area contributed by atoms with Gasteiger partial charge in [-0.05, 0) is 51.8 Å². The number of halogens is 1. The van der Waals surface area contributed by atoms with Gasteiger partial charge in [0, 0.05) is 18.4 Å². The van der Waals surface area contributed by atoms with Crippen molar-refractivity contribution in [2.24, 2.45) is 0 Å². The van der Waals surface area contributed by atoms with Crippen LogP contribution in [0.25, 0.3) is 0 Å². The number of carbonyl (C=O) groups excluding carboxylic acids is 2. The number of phenols is 2. The number of aromatic nitrogens is 2. The minimum absolute atomic E-state index is 0.0276. The smallest absolute Gasteiger partial charge is 0.329 e. The molecule has 1 saturated heterocycles. The number of carbonyl (C=O) groups is 2. The predicted molar refractivity (Wildman–Crippen MR) is 117 cm³/mol. The van der Waals surface area contributed by atoms with E-state index in [1.165, 1.54) is 12.1 Å². The van der Waals surface area contributed by atoms with Gasteiger partial charge >= 0.3 is 6.03 Å². The molecule has 1 aliphatic rings. The summed E-state index contributed by atoms with van der Waals surface area (Å²) >= 11 is 3.39. The highest BCUT2D eigenvalue weighted by molar-refractivity contribution is 9.10. The van der Waals surface area contributed by atoms with Gasteiger partial charge in [-0.3, -0.25) is 4.79 Å². The van der Waals surface area contributed by atoms with Crippen LogP contribution in [0.2, 0.25) is 0 Å². The largest absolute Gasteiger partial charge is 0.504 e. The molecule has 0 atom stereocenters. The average Bonchev–Trinajstić information content (AvgIpc) is 3.09. The van der Waals surface area contributed by atoms with E-state index >= 15 is 0 Å². The van der Waals surface area contributed by atoms with Gasteiger partial charge in [0.15, 0.2) is 11.5 Å². The zero-order valence-electron chi connectivity index (χ0n) is 16.0. The predicted octanol–water partition coefficient (Wildman–Crippen LogP) is 3.06. The van der Waals surface area contributed by atoms with Crippen LogP contribution in [-0.2, 0) is 11.3 Å². The standard InChI is InChI=1S/C20H17BrN6O4/c21-14-9-23-19(26-18(14)22-8-11-4-5-15(28)16(29)6-11)25-12-2-1-3-13(7-12)27-17(30)10-24-20(27)31/h1-7,9,28-29H,8,10H2,(H,24,31)(H2,22,23,25,26). The molecule has 4 rings (SSSR count). The number of phenolic OH excluding ortho intramolecular Hbond substituents is 2. The van der Waals surface area contributed by atoms with Crippen LogP contribution in [0.4, 0.5) is 27.9 Å². The van der Waals surface area contributed by atoms with Crippen LogP contribution in [0.1, 0.15) is 5.56 Å². The molecule has 0 spiro atoms. The highest BCUT2D eigenvalue weighted by atomic mass is 79.9. The van der Waals surface area contributed by atoms with E-state index in [-0.39, 0.29) is 24.0 Å². The van der Waals surface area contributed by atoms with E-state index in [4.69, 9.17) is 0 Å². The first kappa shape index (κ1) is 20.4. The van der Waals surface area contributed by atoms with E-state index in [1.807, 2.05) is 0 Å². The minimum Gasteiger partial charge on any atom is -0.504 e. The van der Waals surface area contributed by atoms with Gasteiger partial charge in [-0.1, -0.05) is 12.1 Å². The molecule has 1 aliphatic heterocycles. The van der Waals surface area contributed by atoms with Crippen molar-refractivity contribution in [3.05, 3.63) is 58.7 Å². The molecule has 11 heteroatoms. The summed E-state index contributed by atoms with van der Waals surface area (Å²) in [4.78, 5) is 33.5. The van der Waals surface area contributed by atoms with Crippen LogP contribution in [0, 0.1) is 0 Å². The van der Waals surface area contributed by atoms with Gasteiger partial charge < -0.3 is 26.2 Å². The number of amides is 3. The summed E-state index contributed by atoms with van der Waals surface area (Å²) in [6.07, 6.45) is 1.58. The number of hydrogen-bond acceptors (Lipinski definition) is 8. The van der Waals surface area contributed by atoms with Gasteiger partial charge in [-0.25, -0.2) is 14.7 Å². The fourth-order valence-corrected chi connectivity index (χ4v) is 3.28. The SMILES string of the molecule is O=C1CNC(=O)N1c1cccc(Nc2ncc(Br)c(NCc3ccc(O)c(O)c3)n2)c1. The molecule has 0 saturated carbocycles. The number of aromatic hydroxyl groups is 2. The monoisotopic (exact) mass is 484 g/mol. The van der Waals surface area contributed by atoms with Crippen molar-refractivity contribution in [3.8, 4) is 11.5 Å². The Bertz CT molecular complexity index is 1160. The van der Waals surface area contributed by atoms with Gasteiger partial charge in [0.2, 0.25) is 5.95 Å². The van der Waals surface area contributed by atoms with E-state index in [0.29, 0.717) is 34.2 Å². The lowest BCUT2D eigenvalue weighted by Gasteiger charge is -2.14. The molecule has 158 valence electrons. The van der Waals surface area contributed by atoms with Crippen LogP contribution in [0.5, 0.6) is 11.5 Å². The second-order valence-corrected chi connectivity index (χ2v) is 7.48. The summed E-state index contributed by atoms with van der Waals surface area (Å²) in [5, 5.41) is 27.7. The van der Waals surface area contributed by atoms with Crippen molar-refractivity contribution in [2.75, 3.05) is 22.1 Å². The highest BCUT2D eigenvalue weighted by Crippen LogP contribution is 2.27. The molecule has 0 aliphatic carbocycles. The Morgan fingerprint density at radius 1 is 1.13 bits per heavy atom. The maximum absolute atomic E-state index is 11.9. The molecule has 1 aromatic heterocycles. The van der Waals surface area contributed by atoms with E-state index in [1.54, 1.807) is 36.5 Å². The molecule has 5 N–H and O–H groups in total. The van der Waals surface area contributed by atoms with Crippen molar-refractivity contribution in [2.45, 2.75) is 6.54 Å². The lowest BCUT2D eigenvalue weighted by atomic mass is 10.2. The molecular formula is C20H17BrN6O4. The maximum atomic E-state index is 11.9. The van der Waals surface area contributed by atoms with Gasteiger partial charge in [-0.2, -0.15) is 4.98 Å². The Labute approximate surface area is 185 Å². The fourth-order valence-electron chi connectivity index (χ4n) is 2.95. The fraction of sp³-hybridized carbons (Fsp3) is 0.100. The third-order valence-electron chi connectivity index (χ3n) is 4.45. The van der Waals surface area contributed by atoms with Crippen molar-refractivity contribution >= 4 is 51.0 Å². The normalized spacial score (nSPS) is 13.3.